The Balaban J connectivity index is 1.61. The lowest BCUT2D eigenvalue weighted by atomic mass is 9.90. The average Bonchev–Trinajstić information content (AvgIpc) is 3.23. The highest BCUT2D eigenvalue weighted by atomic mass is 32.1. The number of rotatable bonds is 9. The summed E-state index contributed by atoms with van der Waals surface area (Å²) in [7, 11) is 0. The van der Waals surface area contributed by atoms with E-state index in [-0.39, 0.29) is 18.6 Å². The molecule has 29 heavy (non-hydrogen) atoms. The van der Waals surface area contributed by atoms with Crippen LogP contribution in [0.5, 0.6) is 0 Å². The molecule has 1 aliphatic carbocycles. The molecule has 0 spiro atoms. The number of benzene rings is 1. The predicted molar refractivity (Wildman–Crippen MR) is 113 cm³/mol. The van der Waals surface area contributed by atoms with Crippen LogP contribution in [0.1, 0.15) is 43.1 Å². The Morgan fingerprint density at radius 2 is 2.10 bits per heavy atom. The van der Waals surface area contributed by atoms with Crippen LogP contribution in [0, 0.1) is 11.8 Å². The van der Waals surface area contributed by atoms with E-state index >= 15 is 0 Å². The number of ketones is 1. The summed E-state index contributed by atoms with van der Waals surface area (Å²) in [6.45, 7) is 0. The summed E-state index contributed by atoms with van der Waals surface area (Å²) in [5.74, 6) is -1.91. The second kappa shape index (κ2) is 9.94. The number of fused-ring (bicyclic) bond motifs is 1. The maximum atomic E-state index is 14.4. The Morgan fingerprint density at radius 3 is 2.86 bits per heavy atom. The summed E-state index contributed by atoms with van der Waals surface area (Å²) in [6, 6.07) is 9.80. The van der Waals surface area contributed by atoms with Crippen molar-refractivity contribution < 1.29 is 24.2 Å². The van der Waals surface area contributed by atoms with Gasteiger partial charge in [-0.15, -0.1) is 11.3 Å². The number of hydrogen-bond donors (Lipinski definition) is 2. The largest absolute Gasteiger partial charge is 0.481 e. The fraction of sp³-hybridized carbons (Fsp3) is 0.391. The number of carbonyl (C=O) groups excluding carboxylic acids is 1. The van der Waals surface area contributed by atoms with Gasteiger partial charge in [0.05, 0.1) is 0 Å². The third kappa shape index (κ3) is 5.61. The number of allylic oxidation sites excluding steroid dienone is 3. The van der Waals surface area contributed by atoms with Crippen LogP contribution in [0.4, 0.5) is 4.39 Å². The van der Waals surface area contributed by atoms with Crippen LogP contribution < -0.4 is 0 Å². The van der Waals surface area contributed by atoms with Crippen LogP contribution in [0.3, 0.4) is 0 Å². The molecule has 4 nitrogen and oxygen atoms in total. The molecular weight excluding hydrogens is 391 g/mol. The Bertz CT molecular complexity index is 883. The number of aliphatic carboxylic acids is 1. The van der Waals surface area contributed by atoms with E-state index in [0.717, 1.165) is 15.0 Å². The smallest absolute Gasteiger partial charge is 0.303 e. The van der Waals surface area contributed by atoms with Crippen LogP contribution in [-0.4, -0.2) is 28.1 Å². The molecular formula is C23H25FO4S. The first kappa shape index (κ1) is 21.4. The Labute approximate surface area is 173 Å². The quantitative estimate of drug-likeness (QED) is 0.433. The van der Waals surface area contributed by atoms with Crippen LogP contribution in [0.25, 0.3) is 10.1 Å². The van der Waals surface area contributed by atoms with Gasteiger partial charge < -0.3 is 10.2 Å². The number of hydrogen-bond acceptors (Lipinski definition) is 4. The monoisotopic (exact) mass is 416 g/mol. The Kier molecular flexibility index (Phi) is 7.34. The molecule has 1 saturated carbocycles. The maximum Gasteiger partial charge on any atom is 0.303 e. The van der Waals surface area contributed by atoms with Crippen molar-refractivity contribution in [3.05, 3.63) is 59.5 Å². The first-order valence-corrected chi connectivity index (χ1v) is 10.7. The summed E-state index contributed by atoms with van der Waals surface area (Å²) in [5.41, 5.74) is 0. The maximum absolute atomic E-state index is 14.4. The molecule has 1 heterocycles. The number of aliphatic hydroxyl groups excluding tert-OH is 1. The fourth-order valence-corrected chi connectivity index (χ4v) is 4.73. The Hall–Kier alpha value is -2.31. The van der Waals surface area contributed by atoms with Crippen molar-refractivity contribution in [3.63, 3.8) is 0 Å². The van der Waals surface area contributed by atoms with Crippen LogP contribution in [0.2, 0.25) is 0 Å². The lowest BCUT2D eigenvalue weighted by Crippen LogP contribution is -2.16. The minimum atomic E-state index is -1.24. The molecule has 6 heteroatoms. The van der Waals surface area contributed by atoms with E-state index < -0.39 is 30.1 Å². The zero-order valence-corrected chi connectivity index (χ0v) is 16.9. The summed E-state index contributed by atoms with van der Waals surface area (Å²) in [4.78, 5) is 23.5. The molecule has 0 aliphatic heterocycles. The van der Waals surface area contributed by atoms with Crippen molar-refractivity contribution in [2.45, 2.75) is 44.4 Å². The second-order valence-corrected chi connectivity index (χ2v) is 8.50. The number of carbonyl (C=O) groups is 2. The van der Waals surface area contributed by atoms with Gasteiger partial charge in [-0.25, -0.2) is 4.39 Å². The van der Waals surface area contributed by atoms with Crippen molar-refractivity contribution in [2.24, 2.45) is 11.8 Å². The van der Waals surface area contributed by atoms with Crippen LogP contribution >= 0.6 is 11.3 Å². The fourth-order valence-electron chi connectivity index (χ4n) is 3.70. The average molecular weight is 417 g/mol. The third-order valence-corrected chi connectivity index (χ3v) is 6.45. The molecule has 1 aliphatic rings. The number of carboxylic acid groups (broad SMARTS) is 1. The van der Waals surface area contributed by atoms with Gasteiger partial charge in [-0.05, 0) is 36.8 Å². The van der Waals surface area contributed by atoms with Gasteiger partial charge in [0.1, 0.15) is 18.1 Å². The van der Waals surface area contributed by atoms with Gasteiger partial charge in [0.2, 0.25) is 0 Å². The van der Waals surface area contributed by atoms with Crippen LogP contribution in [0.15, 0.2) is 54.6 Å². The first-order valence-electron chi connectivity index (χ1n) is 9.84. The number of carboxylic acids is 1. The molecule has 2 N–H and O–H groups in total. The third-order valence-electron chi connectivity index (χ3n) is 5.26. The topological polar surface area (TPSA) is 74.6 Å². The highest BCUT2D eigenvalue weighted by Crippen LogP contribution is 2.37. The van der Waals surface area contributed by atoms with E-state index in [1.165, 1.54) is 11.3 Å². The van der Waals surface area contributed by atoms with Gasteiger partial charge in [0.15, 0.2) is 0 Å². The van der Waals surface area contributed by atoms with E-state index in [1.807, 2.05) is 42.5 Å². The molecule has 154 valence electrons. The van der Waals surface area contributed by atoms with Gasteiger partial charge >= 0.3 is 5.97 Å². The molecule has 0 saturated heterocycles. The molecule has 1 aromatic heterocycles. The van der Waals surface area contributed by atoms with E-state index in [4.69, 9.17) is 5.11 Å². The SMILES string of the molecule is O=C(O)CCCC=CC[C@H]1C(=O)C[C@@H](F)[C@@H]1C=CC(O)c1cc2ccccc2s1. The summed E-state index contributed by atoms with van der Waals surface area (Å²) in [5, 5.41) is 20.2. The zero-order chi connectivity index (χ0) is 20.8. The highest BCUT2D eigenvalue weighted by molar-refractivity contribution is 7.19. The van der Waals surface area contributed by atoms with Crippen molar-refractivity contribution >= 4 is 33.2 Å². The van der Waals surface area contributed by atoms with Crippen molar-refractivity contribution in [1.82, 2.24) is 0 Å². The predicted octanol–water partition coefficient (Wildman–Crippen LogP) is 5.24. The minimum absolute atomic E-state index is 0.0918. The molecule has 0 radical (unpaired) electrons. The summed E-state index contributed by atoms with van der Waals surface area (Å²) >= 11 is 1.50. The minimum Gasteiger partial charge on any atom is -0.481 e. The van der Waals surface area contributed by atoms with Crippen molar-refractivity contribution in [2.75, 3.05) is 0 Å². The van der Waals surface area contributed by atoms with Gasteiger partial charge in [-0.3, -0.25) is 9.59 Å². The zero-order valence-electron chi connectivity index (χ0n) is 16.0. The number of thiophene rings is 1. The summed E-state index contributed by atoms with van der Waals surface area (Å²) in [6.07, 6.45) is 6.48. The second-order valence-electron chi connectivity index (χ2n) is 7.38. The standard InChI is InChI=1S/C23H25FO4S/c24-18-14-20(26)17(8-3-1-2-4-10-23(27)28)16(18)11-12-19(25)22-13-15-7-5-6-9-21(15)29-22/h1,3,5-7,9,11-13,16-19,25H,2,4,8,10,14H2,(H,27,28)/t16-,17-,18-,19?/m1/s1. The number of Topliss-reactive ketones (excluding diaryl/α,β-unsaturated/α-hetero) is 1. The number of aliphatic hydroxyl groups is 1. The molecule has 2 aromatic rings. The van der Waals surface area contributed by atoms with Gasteiger partial charge in [-0.2, -0.15) is 0 Å². The molecule has 1 fully saturated rings. The van der Waals surface area contributed by atoms with Crippen LogP contribution in [-0.2, 0) is 9.59 Å². The summed E-state index contributed by atoms with van der Waals surface area (Å²) < 4.78 is 15.5. The van der Waals surface area contributed by atoms with E-state index in [9.17, 15) is 19.1 Å². The van der Waals surface area contributed by atoms with Gasteiger partial charge in [0.25, 0.3) is 0 Å². The van der Waals surface area contributed by atoms with Crippen molar-refractivity contribution in [1.29, 1.82) is 0 Å². The van der Waals surface area contributed by atoms with Crippen molar-refractivity contribution in [3.8, 4) is 0 Å². The van der Waals surface area contributed by atoms with Gasteiger partial charge in [0, 0.05) is 34.3 Å². The van der Waals surface area contributed by atoms with E-state index in [0.29, 0.717) is 19.3 Å². The van der Waals surface area contributed by atoms with E-state index in [2.05, 4.69) is 0 Å². The Morgan fingerprint density at radius 1 is 1.31 bits per heavy atom. The molecule has 0 amide bonds. The lowest BCUT2D eigenvalue weighted by molar-refractivity contribution is -0.137. The van der Waals surface area contributed by atoms with Gasteiger partial charge in [-0.1, -0.05) is 42.5 Å². The molecule has 4 atom stereocenters. The number of halogens is 1. The highest BCUT2D eigenvalue weighted by Gasteiger charge is 2.40. The van der Waals surface area contributed by atoms with E-state index in [1.54, 1.807) is 12.2 Å². The number of alkyl halides is 1. The molecule has 1 aromatic carbocycles. The normalized spacial score (nSPS) is 23.5. The molecule has 0 bridgehead atoms. The number of unbranched alkanes of at least 4 members (excludes halogenated alkanes) is 1. The first-order chi connectivity index (χ1) is 14.0. The molecule has 1 unspecified atom stereocenters. The lowest BCUT2D eigenvalue weighted by Gasteiger charge is -2.15. The molecule has 3 rings (SSSR count).